The average Bonchev–Trinajstić information content (AvgIpc) is 2.30. The lowest BCUT2D eigenvalue weighted by Gasteiger charge is -1.99. The zero-order valence-corrected chi connectivity index (χ0v) is 9.79. The van der Waals surface area contributed by atoms with E-state index in [0.717, 1.165) is 16.8 Å². The molecule has 0 aliphatic heterocycles. The van der Waals surface area contributed by atoms with Crippen LogP contribution in [0.2, 0.25) is 0 Å². The highest BCUT2D eigenvalue weighted by molar-refractivity contribution is 9.10. The minimum Gasteiger partial charge on any atom is -0.270 e. The van der Waals surface area contributed by atoms with Gasteiger partial charge in [-0.05, 0) is 27.6 Å². The van der Waals surface area contributed by atoms with Gasteiger partial charge >= 0.3 is 0 Å². The maximum Gasteiger partial charge on any atom is 0.272 e. The second-order valence-electron chi connectivity index (χ2n) is 3.26. The average molecular weight is 264 g/mol. The third-order valence-corrected chi connectivity index (χ3v) is 2.59. The number of aromatic nitrogens is 1. The Morgan fingerprint density at radius 1 is 1.07 bits per heavy atom. The predicted molar refractivity (Wildman–Crippen MR) is 64.5 cm³/mol. The molecule has 0 spiro atoms. The fourth-order valence-electron chi connectivity index (χ4n) is 1.31. The molecule has 2 aromatic rings. The van der Waals surface area contributed by atoms with Crippen LogP contribution < -0.4 is 10.3 Å². The SMILES string of the molecule is Brc1ccc(NCc2ccccc2)[nH+]c1. The summed E-state index contributed by atoms with van der Waals surface area (Å²) >= 11 is 3.38. The molecule has 76 valence electrons. The molecule has 0 aliphatic rings. The highest BCUT2D eigenvalue weighted by Crippen LogP contribution is 2.08. The summed E-state index contributed by atoms with van der Waals surface area (Å²) in [4.78, 5) is 3.15. The lowest BCUT2D eigenvalue weighted by Crippen LogP contribution is -2.12. The number of pyridine rings is 1. The third-order valence-electron chi connectivity index (χ3n) is 2.10. The smallest absolute Gasteiger partial charge is 0.270 e. The van der Waals surface area contributed by atoms with Crippen LogP contribution in [0.1, 0.15) is 5.56 Å². The molecule has 2 N–H and O–H groups in total. The van der Waals surface area contributed by atoms with Crippen LogP contribution in [0.15, 0.2) is 53.1 Å². The van der Waals surface area contributed by atoms with Gasteiger partial charge in [0, 0.05) is 6.07 Å². The van der Waals surface area contributed by atoms with Crippen LogP contribution in [0.3, 0.4) is 0 Å². The lowest BCUT2D eigenvalue weighted by atomic mass is 10.2. The molecule has 0 bridgehead atoms. The first-order chi connectivity index (χ1) is 7.34. The van der Waals surface area contributed by atoms with Gasteiger partial charge in [-0.1, -0.05) is 30.3 Å². The van der Waals surface area contributed by atoms with Crippen molar-refractivity contribution in [3.8, 4) is 0 Å². The first-order valence-electron chi connectivity index (χ1n) is 4.79. The summed E-state index contributed by atoms with van der Waals surface area (Å²) in [6.07, 6.45) is 1.91. The van der Waals surface area contributed by atoms with Gasteiger partial charge in [0.05, 0.1) is 4.47 Å². The number of benzene rings is 1. The van der Waals surface area contributed by atoms with E-state index in [2.05, 4.69) is 38.4 Å². The summed E-state index contributed by atoms with van der Waals surface area (Å²) in [6.45, 7) is 0.832. The van der Waals surface area contributed by atoms with Gasteiger partial charge in [-0.25, -0.2) is 4.98 Å². The number of H-pyrrole nitrogens is 1. The fraction of sp³-hybridized carbons (Fsp3) is 0.0833. The van der Waals surface area contributed by atoms with E-state index in [0.29, 0.717) is 0 Å². The largest absolute Gasteiger partial charge is 0.272 e. The maximum atomic E-state index is 3.38. The number of hydrogen-bond donors (Lipinski definition) is 1. The molecule has 2 nitrogen and oxygen atoms in total. The van der Waals surface area contributed by atoms with Gasteiger partial charge in [-0.2, -0.15) is 0 Å². The van der Waals surface area contributed by atoms with Gasteiger partial charge in [0.15, 0.2) is 0 Å². The van der Waals surface area contributed by atoms with E-state index >= 15 is 0 Å². The molecule has 0 fully saturated rings. The molecular weight excluding hydrogens is 252 g/mol. The molecule has 0 saturated heterocycles. The van der Waals surface area contributed by atoms with Crippen molar-refractivity contribution in [3.63, 3.8) is 0 Å². The minimum atomic E-state index is 0.832. The topological polar surface area (TPSA) is 26.2 Å². The minimum absolute atomic E-state index is 0.832. The van der Waals surface area contributed by atoms with Crippen LogP contribution in [0.25, 0.3) is 0 Å². The van der Waals surface area contributed by atoms with Crippen LogP contribution >= 0.6 is 15.9 Å². The Labute approximate surface area is 97.5 Å². The van der Waals surface area contributed by atoms with Gasteiger partial charge in [0.25, 0.3) is 5.82 Å². The molecule has 2 rings (SSSR count). The third kappa shape index (κ3) is 3.06. The molecule has 0 unspecified atom stereocenters. The summed E-state index contributed by atoms with van der Waals surface area (Å²) in [6, 6.07) is 14.3. The first-order valence-corrected chi connectivity index (χ1v) is 5.59. The Morgan fingerprint density at radius 2 is 1.87 bits per heavy atom. The van der Waals surface area contributed by atoms with Crippen molar-refractivity contribution in [1.29, 1.82) is 0 Å². The van der Waals surface area contributed by atoms with Crippen molar-refractivity contribution in [2.75, 3.05) is 5.32 Å². The molecule has 3 heteroatoms. The first kappa shape index (κ1) is 10.2. The molecule has 1 aromatic carbocycles. The highest BCUT2D eigenvalue weighted by Gasteiger charge is 2.00. The number of nitrogens with one attached hydrogen (secondary N) is 2. The summed E-state index contributed by atoms with van der Waals surface area (Å²) in [5, 5.41) is 3.31. The number of hydrogen-bond acceptors (Lipinski definition) is 1. The number of anilines is 1. The monoisotopic (exact) mass is 263 g/mol. The molecule has 0 saturated carbocycles. The van der Waals surface area contributed by atoms with Crippen LogP contribution in [-0.2, 0) is 6.54 Å². The van der Waals surface area contributed by atoms with Crippen molar-refractivity contribution in [3.05, 3.63) is 58.7 Å². The van der Waals surface area contributed by atoms with E-state index in [1.54, 1.807) is 0 Å². The Bertz CT molecular complexity index is 411. The van der Waals surface area contributed by atoms with Gasteiger partial charge in [0.2, 0.25) is 0 Å². The van der Waals surface area contributed by atoms with Crippen LogP contribution in [-0.4, -0.2) is 0 Å². The molecule has 1 aromatic heterocycles. The zero-order valence-electron chi connectivity index (χ0n) is 8.20. The van der Waals surface area contributed by atoms with Gasteiger partial charge in [-0.3, -0.25) is 5.32 Å². The van der Waals surface area contributed by atoms with Gasteiger partial charge in [-0.15, -0.1) is 0 Å². The number of halogens is 1. The molecule has 1 heterocycles. The number of rotatable bonds is 3. The summed E-state index contributed by atoms with van der Waals surface area (Å²) < 4.78 is 1.05. The van der Waals surface area contributed by atoms with Gasteiger partial charge in [0.1, 0.15) is 12.7 Å². The second kappa shape index (κ2) is 4.94. The summed E-state index contributed by atoms with van der Waals surface area (Å²) in [5.74, 6) is 1.02. The molecule has 15 heavy (non-hydrogen) atoms. The highest BCUT2D eigenvalue weighted by atomic mass is 79.9. The van der Waals surface area contributed by atoms with Crippen LogP contribution in [0, 0.1) is 0 Å². The summed E-state index contributed by atoms with van der Waals surface area (Å²) in [7, 11) is 0. The predicted octanol–water partition coefficient (Wildman–Crippen LogP) is 2.88. The maximum absolute atomic E-state index is 3.38. The quantitative estimate of drug-likeness (QED) is 0.906. The van der Waals surface area contributed by atoms with E-state index in [4.69, 9.17) is 0 Å². The van der Waals surface area contributed by atoms with E-state index < -0.39 is 0 Å². The Morgan fingerprint density at radius 3 is 2.53 bits per heavy atom. The van der Waals surface area contributed by atoms with E-state index in [9.17, 15) is 0 Å². The van der Waals surface area contributed by atoms with Crippen molar-refractivity contribution < 1.29 is 4.98 Å². The molecule has 0 atom stereocenters. The Hall–Kier alpha value is -1.35. The normalized spacial score (nSPS) is 9.93. The van der Waals surface area contributed by atoms with E-state index in [-0.39, 0.29) is 0 Å². The van der Waals surface area contributed by atoms with Crippen LogP contribution in [0.5, 0.6) is 0 Å². The van der Waals surface area contributed by atoms with Gasteiger partial charge < -0.3 is 0 Å². The molecule has 0 radical (unpaired) electrons. The lowest BCUT2D eigenvalue weighted by molar-refractivity contribution is -0.362. The van der Waals surface area contributed by atoms with Crippen molar-refractivity contribution in [2.45, 2.75) is 6.54 Å². The van der Waals surface area contributed by atoms with E-state index in [1.165, 1.54) is 5.56 Å². The Balaban J connectivity index is 1.96. The molecule has 0 aliphatic carbocycles. The number of aromatic amines is 1. The van der Waals surface area contributed by atoms with Crippen molar-refractivity contribution in [2.24, 2.45) is 0 Å². The standard InChI is InChI=1S/C12H11BrN2/c13-11-6-7-12(15-9-11)14-8-10-4-2-1-3-5-10/h1-7,9H,8H2,(H,14,15)/p+1. The Kier molecular flexibility index (Phi) is 3.35. The van der Waals surface area contributed by atoms with E-state index in [1.807, 2.05) is 36.5 Å². The van der Waals surface area contributed by atoms with Crippen LogP contribution in [0.4, 0.5) is 5.82 Å². The fourth-order valence-corrected chi connectivity index (χ4v) is 1.56. The van der Waals surface area contributed by atoms with Crippen molar-refractivity contribution in [1.82, 2.24) is 0 Å². The second-order valence-corrected chi connectivity index (χ2v) is 4.18. The van der Waals surface area contributed by atoms with Crippen molar-refractivity contribution >= 4 is 21.7 Å². The zero-order chi connectivity index (χ0) is 10.5. The molecular formula is C12H12BrN2+. The molecule has 0 amide bonds. The summed E-state index contributed by atoms with van der Waals surface area (Å²) in [5.41, 5.74) is 1.27.